The van der Waals surface area contributed by atoms with E-state index in [2.05, 4.69) is 72.8 Å². The van der Waals surface area contributed by atoms with Gasteiger partial charge in [0.25, 0.3) is 0 Å². The van der Waals surface area contributed by atoms with Crippen LogP contribution in [0.4, 0.5) is 0 Å². The topological polar surface area (TPSA) is 49.8 Å². The van der Waals surface area contributed by atoms with Gasteiger partial charge in [-0.3, -0.25) is 4.98 Å². The van der Waals surface area contributed by atoms with Crippen LogP contribution in [-0.4, -0.2) is 32.4 Å². The maximum absolute atomic E-state index is 6.40. The van der Waals surface area contributed by atoms with Crippen LogP contribution in [0, 0.1) is 0 Å². The molecule has 5 heteroatoms. The van der Waals surface area contributed by atoms with E-state index in [-0.39, 0.29) is 5.92 Å². The maximum Gasteiger partial charge on any atom is 0.240 e. The number of rotatable bonds is 9. The second-order valence-electron chi connectivity index (χ2n) is 9.26. The minimum Gasteiger partial charge on any atom is -0.493 e. The Hall–Kier alpha value is -3.67. The molecule has 2 heterocycles. The Balaban J connectivity index is 1.56. The molecule has 0 radical (unpaired) electrons. The maximum atomic E-state index is 6.40. The Kier molecular flexibility index (Phi) is 7.83. The lowest BCUT2D eigenvalue weighted by Gasteiger charge is -2.37. The van der Waals surface area contributed by atoms with Crippen LogP contribution >= 0.6 is 0 Å². The highest BCUT2D eigenvalue weighted by Crippen LogP contribution is 2.41. The summed E-state index contributed by atoms with van der Waals surface area (Å²) in [6.07, 6.45) is 2.61. The van der Waals surface area contributed by atoms with Gasteiger partial charge in [0, 0.05) is 17.2 Å². The summed E-state index contributed by atoms with van der Waals surface area (Å²) in [5.74, 6) is 0.359. The van der Waals surface area contributed by atoms with Crippen molar-refractivity contribution in [3.8, 4) is 11.5 Å². The molecule has 1 fully saturated rings. The van der Waals surface area contributed by atoms with E-state index in [4.69, 9.17) is 23.9 Å². The van der Waals surface area contributed by atoms with Gasteiger partial charge in [0.15, 0.2) is 11.5 Å². The number of benzene rings is 3. The fraction of sp³-hybridized carbons (Fsp3) is 0.281. The molecule has 1 aliphatic heterocycles. The first-order valence-corrected chi connectivity index (χ1v) is 12.8. The Morgan fingerprint density at radius 2 is 1.35 bits per heavy atom. The van der Waals surface area contributed by atoms with E-state index in [0.29, 0.717) is 24.7 Å². The minimum atomic E-state index is -1.11. The van der Waals surface area contributed by atoms with Gasteiger partial charge in [0.05, 0.1) is 27.4 Å². The highest BCUT2D eigenvalue weighted by Gasteiger charge is 2.41. The van der Waals surface area contributed by atoms with E-state index >= 15 is 0 Å². The monoisotopic (exact) mass is 495 g/mol. The molecule has 0 amide bonds. The number of nitrogens with zero attached hydrogens (tertiary/aromatic N) is 1. The standard InChI is InChI=1S/C32H33NO4/c1-34-29-18-17-27(23-30(29)35-2)32(36-19-10-20-37-32)31-16-9-15-28(33-31)26(21-24-11-5-3-6-12-24)22-25-13-7-4-8-14-25/h3-9,11-18,23,26H,10,19-22H2,1-2H3. The van der Waals surface area contributed by atoms with Gasteiger partial charge in [-0.2, -0.15) is 0 Å². The summed E-state index contributed by atoms with van der Waals surface area (Å²) in [5.41, 5.74) is 5.16. The Morgan fingerprint density at radius 3 is 1.95 bits per heavy atom. The van der Waals surface area contributed by atoms with Gasteiger partial charge in [0.1, 0.15) is 5.69 Å². The first-order valence-electron chi connectivity index (χ1n) is 12.8. The second kappa shape index (κ2) is 11.6. The van der Waals surface area contributed by atoms with Crippen molar-refractivity contribution in [3.05, 3.63) is 125 Å². The van der Waals surface area contributed by atoms with E-state index in [1.165, 1.54) is 11.1 Å². The Labute approximate surface area is 219 Å². The molecule has 1 aliphatic rings. The summed E-state index contributed by atoms with van der Waals surface area (Å²) >= 11 is 0. The number of pyridine rings is 1. The number of aromatic nitrogens is 1. The van der Waals surface area contributed by atoms with Gasteiger partial charge in [0.2, 0.25) is 5.79 Å². The van der Waals surface area contributed by atoms with Crippen molar-refractivity contribution in [2.75, 3.05) is 27.4 Å². The molecule has 0 aliphatic carbocycles. The van der Waals surface area contributed by atoms with E-state index in [0.717, 1.165) is 36.2 Å². The van der Waals surface area contributed by atoms with Gasteiger partial charge >= 0.3 is 0 Å². The molecule has 0 saturated carbocycles. The van der Waals surface area contributed by atoms with E-state index < -0.39 is 5.79 Å². The van der Waals surface area contributed by atoms with Crippen LogP contribution in [0.2, 0.25) is 0 Å². The van der Waals surface area contributed by atoms with Crippen LogP contribution in [-0.2, 0) is 28.1 Å². The average molecular weight is 496 g/mol. The highest BCUT2D eigenvalue weighted by atomic mass is 16.7. The van der Waals surface area contributed by atoms with Crippen LogP contribution < -0.4 is 9.47 Å². The molecule has 1 saturated heterocycles. The quantitative estimate of drug-likeness (QED) is 0.273. The summed E-state index contributed by atoms with van der Waals surface area (Å²) in [4.78, 5) is 5.21. The molecular weight excluding hydrogens is 462 g/mol. The predicted octanol–water partition coefficient (Wildman–Crippen LogP) is 6.31. The van der Waals surface area contributed by atoms with Gasteiger partial charge < -0.3 is 18.9 Å². The van der Waals surface area contributed by atoms with Crippen molar-refractivity contribution >= 4 is 0 Å². The Bertz CT molecular complexity index is 1250. The SMILES string of the molecule is COc1ccc(C2(c3cccc(C(Cc4ccccc4)Cc4ccccc4)n3)OCCCO2)cc1OC. The lowest BCUT2D eigenvalue weighted by Crippen LogP contribution is -2.40. The van der Waals surface area contributed by atoms with E-state index in [1.54, 1.807) is 14.2 Å². The number of hydrogen-bond acceptors (Lipinski definition) is 5. The molecule has 0 atom stereocenters. The molecule has 37 heavy (non-hydrogen) atoms. The zero-order valence-corrected chi connectivity index (χ0v) is 21.4. The molecule has 0 unspecified atom stereocenters. The van der Waals surface area contributed by atoms with Crippen LogP contribution in [0.25, 0.3) is 0 Å². The summed E-state index contributed by atoms with van der Waals surface area (Å²) in [6, 6.07) is 33.1. The van der Waals surface area contributed by atoms with Crippen molar-refractivity contribution in [2.45, 2.75) is 31.0 Å². The van der Waals surface area contributed by atoms with Crippen molar-refractivity contribution in [1.29, 1.82) is 0 Å². The Morgan fingerprint density at radius 1 is 0.730 bits per heavy atom. The molecule has 5 rings (SSSR count). The van der Waals surface area contributed by atoms with Crippen molar-refractivity contribution < 1.29 is 18.9 Å². The van der Waals surface area contributed by atoms with Gasteiger partial charge in [-0.25, -0.2) is 0 Å². The first kappa shape index (κ1) is 25.0. The number of methoxy groups -OCH3 is 2. The van der Waals surface area contributed by atoms with Crippen LogP contribution in [0.1, 0.15) is 40.4 Å². The molecule has 5 nitrogen and oxygen atoms in total. The molecule has 4 aromatic rings. The molecule has 0 spiro atoms. The molecule has 3 aromatic carbocycles. The third-order valence-electron chi connectivity index (χ3n) is 6.84. The lowest BCUT2D eigenvalue weighted by atomic mass is 9.89. The van der Waals surface area contributed by atoms with Crippen molar-refractivity contribution in [2.24, 2.45) is 0 Å². The van der Waals surface area contributed by atoms with Crippen LogP contribution in [0.3, 0.4) is 0 Å². The minimum absolute atomic E-state index is 0.191. The zero-order chi connectivity index (χ0) is 25.5. The zero-order valence-electron chi connectivity index (χ0n) is 21.4. The summed E-state index contributed by atoms with van der Waals surface area (Å²) in [6.45, 7) is 1.16. The van der Waals surface area contributed by atoms with Gasteiger partial charge in [-0.15, -0.1) is 0 Å². The summed E-state index contributed by atoms with van der Waals surface area (Å²) in [7, 11) is 3.26. The van der Waals surface area contributed by atoms with E-state index in [1.807, 2.05) is 24.3 Å². The lowest BCUT2D eigenvalue weighted by molar-refractivity contribution is -0.251. The number of ether oxygens (including phenoxy) is 4. The number of hydrogen-bond donors (Lipinski definition) is 0. The summed E-state index contributed by atoms with van der Waals surface area (Å²) in [5, 5.41) is 0. The summed E-state index contributed by atoms with van der Waals surface area (Å²) < 4.78 is 23.8. The normalized spacial score (nSPS) is 14.9. The van der Waals surface area contributed by atoms with Crippen LogP contribution in [0.5, 0.6) is 11.5 Å². The average Bonchev–Trinajstić information content (AvgIpc) is 2.98. The van der Waals surface area contributed by atoms with Crippen LogP contribution in [0.15, 0.2) is 97.1 Å². The van der Waals surface area contributed by atoms with Gasteiger partial charge in [-0.05, 0) is 60.7 Å². The first-order chi connectivity index (χ1) is 18.2. The molecule has 0 N–H and O–H groups in total. The highest BCUT2D eigenvalue weighted by molar-refractivity contribution is 5.46. The van der Waals surface area contributed by atoms with E-state index in [9.17, 15) is 0 Å². The second-order valence-corrected chi connectivity index (χ2v) is 9.26. The fourth-order valence-corrected chi connectivity index (χ4v) is 4.98. The molecule has 0 bridgehead atoms. The third-order valence-corrected chi connectivity index (χ3v) is 6.84. The largest absolute Gasteiger partial charge is 0.493 e. The van der Waals surface area contributed by atoms with Gasteiger partial charge in [-0.1, -0.05) is 66.7 Å². The molecule has 1 aromatic heterocycles. The molecule has 190 valence electrons. The third kappa shape index (κ3) is 5.53. The molecular formula is C32H33NO4. The fourth-order valence-electron chi connectivity index (χ4n) is 4.98. The van der Waals surface area contributed by atoms with Crippen molar-refractivity contribution in [1.82, 2.24) is 4.98 Å². The smallest absolute Gasteiger partial charge is 0.240 e. The predicted molar refractivity (Wildman–Crippen MR) is 144 cm³/mol. The van der Waals surface area contributed by atoms with Crippen molar-refractivity contribution in [3.63, 3.8) is 0 Å².